The van der Waals surface area contributed by atoms with Crippen LogP contribution in [-0.4, -0.2) is 29.6 Å². The van der Waals surface area contributed by atoms with Gasteiger partial charge in [0.1, 0.15) is 0 Å². The zero-order chi connectivity index (χ0) is 14.4. The van der Waals surface area contributed by atoms with Crippen LogP contribution in [0.5, 0.6) is 0 Å². The molecule has 1 saturated carbocycles. The molecule has 1 N–H and O–H groups in total. The fraction of sp³-hybridized carbons (Fsp3) is 0.941. The van der Waals surface area contributed by atoms with E-state index in [1.165, 1.54) is 64.2 Å². The van der Waals surface area contributed by atoms with E-state index in [1.807, 2.05) is 6.92 Å². The lowest BCUT2D eigenvalue weighted by Crippen LogP contribution is -2.43. The Morgan fingerprint density at radius 3 is 2.45 bits per heavy atom. The molecule has 0 aromatic carbocycles. The van der Waals surface area contributed by atoms with Crippen molar-refractivity contribution in [2.45, 2.75) is 90.3 Å². The van der Waals surface area contributed by atoms with E-state index in [4.69, 9.17) is 0 Å². The molecule has 2 atom stereocenters. The topological polar surface area (TPSA) is 32.3 Å². The summed E-state index contributed by atoms with van der Waals surface area (Å²) >= 11 is 0. The molecule has 2 rings (SSSR count). The van der Waals surface area contributed by atoms with Gasteiger partial charge in [0.15, 0.2) is 0 Å². The van der Waals surface area contributed by atoms with Crippen molar-refractivity contribution in [3.63, 3.8) is 0 Å². The minimum absolute atomic E-state index is 0.0284. The second-order valence-electron chi connectivity index (χ2n) is 6.68. The summed E-state index contributed by atoms with van der Waals surface area (Å²) in [6.07, 6.45) is 13.4. The van der Waals surface area contributed by atoms with Gasteiger partial charge in [-0.1, -0.05) is 51.9 Å². The fourth-order valence-corrected chi connectivity index (χ4v) is 3.78. The van der Waals surface area contributed by atoms with Crippen LogP contribution in [0.4, 0.5) is 0 Å². The molecule has 1 aliphatic carbocycles. The smallest absolute Gasteiger partial charge is 0.240 e. The van der Waals surface area contributed by atoms with E-state index in [1.54, 1.807) is 0 Å². The molecule has 1 aliphatic heterocycles. The molecule has 0 bridgehead atoms. The number of nitrogens with zero attached hydrogens (tertiary/aromatic N) is 1. The number of hydrogen-bond donors (Lipinski definition) is 1. The highest BCUT2D eigenvalue weighted by Crippen LogP contribution is 2.32. The van der Waals surface area contributed by atoms with Crippen LogP contribution in [0.25, 0.3) is 0 Å². The molecule has 1 amide bonds. The molecule has 2 fully saturated rings. The van der Waals surface area contributed by atoms with Crippen LogP contribution in [0.2, 0.25) is 0 Å². The highest BCUT2D eigenvalue weighted by molar-refractivity contribution is 5.83. The van der Waals surface area contributed by atoms with Gasteiger partial charge in [-0.2, -0.15) is 0 Å². The molecule has 3 heteroatoms. The highest BCUT2D eigenvalue weighted by atomic mass is 16.2. The van der Waals surface area contributed by atoms with E-state index in [0.29, 0.717) is 18.0 Å². The maximum absolute atomic E-state index is 12.3. The van der Waals surface area contributed by atoms with E-state index in [9.17, 15) is 4.79 Å². The molecule has 1 heterocycles. The summed E-state index contributed by atoms with van der Waals surface area (Å²) in [4.78, 5) is 14.5. The first-order chi connectivity index (χ1) is 9.74. The summed E-state index contributed by atoms with van der Waals surface area (Å²) in [5.41, 5.74) is 0. The van der Waals surface area contributed by atoms with Crippen molar-refractivity contribution in [3.05, 3.63) is 0 Å². The first kappa shape index (κ1) is 15.8. The minimum atomic E-state index is 0.0284. The van der Waals surface area contributed by atoms with E-state index >= 15 is 0 Å². The Bertz CT molecular complexity index is 299. The molecular weight excluding hydrogens is 248 g/mol. The van der Waals surface area contributed by atoms with Crippen LogP contribution in [0.1, 0.15) is 78.1 Å². The third-order valence-electron chi connectivity index (χ3n) is 5.01. The lowest BCUT2D eigenvalue weighted by atomic mass is 10.0. The van der Waals surface area contributed by atoms with Crippen molar-refractivity contribution < 1.29 is 4.79 Å². The lowest BCUT2D eigenvalue weighted by Gasteiger charge is -2.29. The van der Waals surface area contributed by atoms with Crippen molar-refractivity contribution in [1.82, 2.24) is 10.2 Å². The molecule has 0 radical (unpaired) electrons. The molecule has 20 heavy (non-hydrogen) atoms. The molecule has 116 valence electrons. The standard InChI is InChI=1S/C17H32N2O/c1-3-4-5-6-7-10-13-19-16(15-11-8-9-12-15)18-14(2)17(19)20/h14-16,18H,3-13H2,1-2H3. The van der Waals surface area contributed by atoms with Crippen LogP contribution >= 0.6 is 0 Å². The zero-order valence-corrected chi connectivity index (χ0v) is 13.4. The monoisotopic (exact) mass is 280 g/mol. The summed E-state index contributed by atoms with van der Waals surface area (Å²) in [6.45, 7) is 5.23. The van der Waals surface area contributed by atoms with Crippen molar-refractivity contribution in [3.8, 4) is 0 Å². The number of unbranched alkanes of at least 4 members (excludes halogenated alkanes) is 5. The summed E-state index contributed by atoms with van der Waals surface area (Å²) in [6, 6.07) is 0.0284. The SMILES string of the molecule is CCCCCCCCN1C(=O)C(C)NC1C1CCCC1. The average Bonchev–Trinajstić information content (AvgIpc) is 3.05. The number of amides is 1. The van der Waals surface area contributed by atoms with E-state index < -0.39 is 0 Å². The third-order valence-corrected chi connectivity index (χ3v) is 5.01. The summed E-state index contributed by atoms with van der Waals surface area (Å²) in [5, 5.41) is 3.53. The van der Waals surface area contributed by atoms with E-state index in [2.05, 4.69) is 17.1 Å². The highest BCUT2D eigenvalue weighted by Gasteiger charge is 2.40. The third kappa shape index (κ3) is 3.97. The number of rotatable bonds is 8. The van der Waals surface area contributed by atoms with Crippen LogP contribution in [0.15, 0.2) is 0 Å². The Morgan fingerprint density at radius 1 is 1.10 bits per heavy atom. The Morgan fingerprint density at radius 2 is 1.75 bits per heavy atom. The van der Waals surface area contributed by atoms with Crippen molar-refractivity contribution >= 4 is 5.91 Å². The summed E-state index contributed by atoms with van der Waals surface area (Å²) in [5.74, 6) is 1.03. The number of carbonyl (C=O) groups excluding carboxylic acids is 1. The normalized spacial score (nSPS) is 27.7. The first-order valence-electron chi connectivity index (χ1n) is 8.80. The van der Waals surface area contributed by atoms with Crippen molar-refractivity contribution in [2.75, 3.05) is 6.54 Å². The summed E-state index contributed by atoms with van der Waals surface area (Å²) in [7, 11) is 0. The van der Waals surface area contributed by atoms with Gasteiger partial charge < -0.3 is 4.90 Å². The number of nitrogens with one attached hydrogen (secondary N) is 1. The number of carbonyl (C=O) groups is 1. The van der Waals surface area contributed by atoms with Gasteiger partial charge in [0.05, 0.1) is 12.2 Å². The molecule has 2 aliphatic rings. The van der Waals surface area contributed by atoms with Crippen LogP contribution in [0.3, 0.4) is 0 Å². The average molecular weight is 280 g/mol. The van der Waals surface area contributed by atoms with Crippen molar-refractivity contribution in [1.29, 1.82) is 0 Å². The molecule has 1 saturated heterocycles. The predicted octanol–water partition coefficient (Wildman–Crippen LogP) is 3.68. The van der Waals surface area contributed by atoms with Gasteiger partial charge >= 0.3 is 0 Å². The van der Waals surface area contributed by atoms with E-state index in [0.717, 1.165) is 6.54 Å². The Kier molecular flexibility index (Phi) is 6.34. The quantitative estimate of drug-likeness (QED) is 0.688. The van der Waals surface area contributed by atoms with Gasteiger partial charge in [-0.05, 0) is 32.1 Å². The first-order valence-corrected chi connectivity index (χ1v) is 8.80. The van der Waals surface area contributed by atoms with Gasteiger partial charge in [0, 0.05) is 6.54 Å². The Labute approximate surface area is 124 Å². The zero-order valence-electron chi connectivity index (χ0n) is 13.4. The van der Waals surface area contributed by atoms with Gasteiger partial charge in [0.25, 0.3) is 0 Å². The predicted molar refractivity (Wildman–Crippen MR) is 83.4 cm³/mol. The summed E-state index contributed by atoms with van der Waals surface area (Å²) < 4.78 is 0. The van der Waals surface area contributed by atoms with Crippen LogP contribution < -0.4 is 5.32 Å². The van der Waals surface area contributed by atoms with E-state index in [-0.39, 0.29) is 6.04 Å². The van der Waals surface area contributed by atoms with Gasteiger partial charge in [-0.3, -0.25) is 10.1 Å². The second-order valence-corrected chi connectivity index (χ2v) is 6.68. The van der Waals surface area contributed by atoms with Crippen LogP contribution in [0, 0.1) is 5.92 Å². The fourth-order valence-electron chi connectivity index (χ4n) is 3.78. The maximum Gasteiger partial charge on any atom is 0.240 e. The lowest BCUT2D eigenvalue weighted by molar-refractivity contribution is -0.130. The maximum atomic E-state index is 12.3. The Hall–Kier alpha value is -0.570. The molecule has 0 aromatic heterocycles. The number of hydrogen-bond acceptors (Lipinski definition) is 2. The molecule has 3 nitrogen and oxygen atoms in total. The van der Waals surface area contributed by atoms with Gasteiger partial charge in [0.2, 0.25) is 5.91 Å². The molecular formula is C17H32N2O. The Balaban J connectivity index is 1.75. The van der Waals surface area contributed by atoms with Crippen molar-refractivity contribution in [2.24, 2.45) is 5.92 Å². The van der Waals surface area contributed by atoms with Crippen LogP contribution in [-0.2, 0) is 4.79 Å². The largest absolute Gasteiger partial charge is 0.326 e. The molecule has 0 spiro atoms. The van der Waals surface area contributed by atoms with Gasteiger partial charge in [-0.25, -0.2) is 0 Å². The minimum Gasteiger partial charge on any atom is -0.326 e. The molecule has 0 aromatic rings. The van der Waals surface area contributed by atoms with Gasteiger partial charge in [-0.15, -0.1) is 0 Å². The second kappa shape index (κ2) is 8.02. The molecule has 2 unspecified atom stereocenters.